The number of guanidine groups is 1. The van der Waals surface area contributed by atoms with E-state index < -0.39 is 0 Å². The first kappa shape index (κ1) is 21.8. The number of halogens is 1. The van der Waals surface area contributed by atoms with Crippen molar-refractivity contribution in [2.45, 2.75) is 39.0 Å². The summed E-state index contributed by atoms with van der Waals surface area (Å²) in [6, 6.07) is 7.56. The maximum atomic E-state index is 5.80. The number of aliphatic imine (C=N–C) groups is 1. The molecule has 132 valence electrons. The molecule has 0 spiro atoms. The molecule has 0 atom stereocenters. The van der Waals surface area contributed by atoms with Crippen molar-refractivity contribution < 1.29 is 9.47 Å². The van der Waals surface area contributed by atoms with Crippen molar-refractivity contribution in [3.63, 3.8) is 0 Å². The van der Waals surface area contributed by atoms with Gasteiger partial charge in [-0.3, -0.25) is 4.99 Å². The zero-order valence-corrected chi connectivity index (χ0v) is 16.5. The number of nitrogens with one attached hydrogen (secondary N) is 1. The van der Waals surface area contributed by atoms with E-state index in [1.54, 1.807) is 7.11 Å². The Bertz CT molecular complexity index is 424. The minimum absolute atomic E-state index is 0. The summed E-state index contributed by atoms with van der Waals surface area (Å²) in [5.41, 5.74) is 5.80. The van der Waals surface area contributed by atoms with E-state index in [0.717, 1.165) is 30.9 Å². The number of unbranched alkanes of at least 4 members (excludes halogenated alkanes) is 3. The highest BCUT2D eigenvalue weighted by molar-refractivity contribution is 14.0. The molecular weight excluding hydrogens is 405 g/mol. The first-order chi connectivity index (χ1) is 10.8. The molecular formula is C17H30IN3O2. The average molecular weight is 435 g/mol. The molecule has 0 saturated heterocycles. The van der Waals surface area contributed by atoms with E-state index in [4.69, 9.17) is 15.2 Å². The Morgan fingerprint density at radius 3 is 2.43 bits per heavy atom. The van der Waals surface area contributed by atoms with Crippen LogP contribution in [0.15, 0.2) is 29.3 Å². The lowest BCUT2D eigenvalue weighted by Crippen LogP contribution is -2.32. The summed E-state index contributed by atoms with van der Waals surface area (Å²) in [6.45, 7) is 4.40. The van der Waals surface area contributed by atoms with Gasteiger partial charge >= 0.3 is 0 Å². The molecule has 0 unspecified atom stereocenters. The predicted molar refractivity (Wildman–Crippen MR) is 107 cm³/mol. The Labute approximate surface area is 157 Å². The Kier molecular flexibility index (Phi) is 13.7. The van der Waals surface area contributed by atoms with Crippen molar-refractivity contribution in [1.82, 2.24) is 5.32 Å². The van der Waals surface area contributed by atoms with Crippen molar-refractivity contribution >= 4 is 29.9 Å². The van der Waals surface area contributed by atoms with Crippen LogP contribution in [0.5, 0.6) is 11.5 Å². The number of methoxy groups -OCH3 is 1. The van der Waals surface area contributed by atoms with Crippen LogP contribution in [0, 0.1) is 0 Å². The van der Waals surface area contributed by atoms with Gasteiger partial charge in [0, 0.05) is 19.5 Å². The van der Waals surface area contributed by atoms with E-state index in [0.29, 0.717) is 19.1 Å². The second-order valence-electron chi connectivity index (χ2n) is 5.13. The summed E-state index contributed by atoms with van der Waals surface area (Å²) in [6.07, 6.45) is 5.75. The predicted octanol–water partition coefficient (Wildman–Crippen LogP) is 3.57. The number of hydrogen-bond acceptors (Lipinski definition) is 3. The molecule has 0 aliphatic heterocycles. The normalized spacial score (nSPS) is 10.8. The molecule has 0 aromatic heterocycles. The summed E-state index contributed by atoms with van der Waals surface area (Å²) in [5.74, 6) is 2.20. The molecule has 0 bridgehead atoms. The van der Waals surface area contributed by atoms with Crippen LogP contribution in [0.4, 0.5) is 0 Å². The summed E-state index contributed by atoms with van der Waals surface area (Å²) >= 11 is 0. The molecule has 0 heterocycles. The van der Waals surface area contributed by atoms with Crippen molar-refractivity contribution in [2.75, 3.05) is 26.8 Å². The second-order valence-corrected chi connectivity index (χ2v) is 5.13. The molecule has 1 aromatic carbocycles. The van der Waals surface area contributed by atoms with Crippen molar-refractivity contribution in [2.24, 2.45) is 10.7 Å². The minimum Gasteiger partial charge on any atom is -0.497 e. The molecule has 0 radical (unpaired) electrons. The van der Waals surface area contributed by atoms with Crippen molar-refractivity contribution in [3.8, 4) is 11.5 Å². The molecule has 0 fully saturated rings. The number of nitrogens with zero attached hydrogens (tertiary/aromatic N) is 1. The molecule has 6 heteroatoms. The fourth-order valence-electron chi connectivity index (χ4n) is 1.95. The standard InChI is InChI=1S/C17H29N3O2.HI/c1-3-4-5-6-12-19-17(18)20-13-7-14-22-16-10-8-15(21-2)9-11-16;/h8-11H,3-7,12-14H2,1-2H3,(H3,18,19,20);1H. The van der Waals surface area contributed by atoms with E-state index >= 15 is 0 Å². The largest absolute Gasteiger partial charge is 0.497 e. The quantitative estimate of drug-likeness (QED) is 0.241. The number of rotatable bonds is 11. The SMILES string of the molecule is CCCCCCNC(N)=NCCCOc1ccc(OC)cc1.I. The summed E-state index contributed by atoms with van der Waals surface area (Å²) in [5, 5.41) is 3.14. The molecule has 1 rings (SSSR count). The maximum Gasteiger partial charge on any atom is 0.188 e. The molecule has 5 nitrogen and oxygen atoms in total. The van der Waals surface area contributed by atoms with Crippen LogP contribution in [0.3, 0.4) is 0 Å². The van der Waals surface area contributed by atoms with E-state index in [1.165, 1.54) is 19.3 Å². The third kappa shape index (κ3) is 11.1. The van der Waals surface area contributed by atoms with E-state index in [2.05, 4.69) is 17.2 Å². The van der Waals surface area contributed by atoms with E-state index in [9.17, 15) is 0 Å². The average Bonchev–Trinajstić information content (AvgIpc) is 2.55. The number of hydrogen-bond donors (Lipinski definition) is 2. The van der Waals surface area contributed by atoms with Crippen LogP contribution < -0.4 is 20.5 Å². The maximum absolute atomic E-state index is 5.80. The fraction of sp³-hybridized carbons (Fsp3) is 0.588. The Hall–Kier alpha value is -1.18. The Morgan fingerprint density at radius 2 is 1.78 bits per heavy atom. The van der Waals surface area contributed by atoms with Gasteiger partial charge in [0.1, 0.15) is 11.5 Å². The highest BCUT2D eigenvalue weighted by Gasteiger charge is 1.96. The lowest BCUT2D eigenvalue weighted by atomic mass is 10.2. The molecule has 1 aromatic rings. The highest BCUT2D eigenvalue weighted by Crippen LogP contribution is 2.16. The lowest BCUT2D eigenvalue weighted by molar-refractivity contribution is 0.312. The van der Waals surface area contributed by atoms with Gasteiger partial charge in [-0.25, -0.2) is 0 Å². The van der Waals surface area contributed by atoms with E-state index in [1.807, 2.05) is 24.3 Å². The number of ether oxygens (including phenoxy) is 2. The van der Waals surface area contributed by atoms with Crippen LogP contribution in [0.2, 0.25) is 0 Å². The second kappa shape index (κ2) is 14.4. The van der Waals surface area contributed by atoms with Crippen LogP contribution >= 0.6 is 24.0 Å². The molecule has 3 N–H and O–H groups in total. The Balaban J connectivity index is 0.00000484. The lowest BCUT2D eigenvalue weighted by Gasteiger charge is -2.07. The van der Waals surface area contributed by atoms with Crippen LogP contribution in [0.1, 0.15) is 39.0 Å². The monoisotopic (exact) mass is 435 g/mol. The zero-order valence-electron chi connectivity index (χ0n) is 14.2. The summed E-state index contributed by atoms with van der Waals surface area (Å²) < 4.78 is 10.7. The number of benzene rings is 1. The van der Waals surface area contributed by atoms with Gasteiger partial charge in [0.15, 0.2) is 5.96 Å². The fourth-order valence-corrected chi connectivity index (χ4v) is 1.95. The highest BCUT2D eigenvalue weighted by atomic mass is 127. The first-order valence-electron chi connectivity index (χ1n) is 8.07. The van der Waals surface area contributed by atoms with Crippen LogP contribution in [-0.4, -0.2) is 32.8 Å². The van der Waals surface area contributed by atoms with Crippen molar-refractivity contribution in [1.29, 1.82) is 0 Å². The van der Waals surface area contributed by atoms with Crippen LogP contribution in [0.25, 0.3) is 0 Å². The van der Waals surface area contributed by atoms with Gasteiger partial charge in [-0.05, 0) is 30.7 Å². The molecule has 0 amide bonds. The molecule has 0 aliphatic rings. The third-order valence-corrected chi connectivity index (χ3v) is 3.25. The Morgan fingerprint density at radius 1 is 1.09 bits per heavy atom. The smallest absolute Gasteiger partial charge is 0.188 e. The minimum atomic E-state index is 0. The third-order valence-electron chi connectivity index (χ3n) is 3.25. The summed E-state index contributed by atoms with van der Waals surface area (Å²) in [7, 11) is 1.65. The van der Waals surface area contributed by atoms with Gasteiger partial charge in [0.05, 0.1) is 13.7 Å². The van der Waals surface area contributed by atoms with Gasteiger partial charge < -0.3 is 20.5 Å². The van der Waals surface area contributed by atoms with Gasteiger partial charge in [-0.2, -0.15) is 0 Å². The van der Waals surface area contributed by atoms with Gasteiger partial charge in [0.2, 0.25) is 0 Å². The number of nitrogens with two attached hydrogens (primary N) is 1. The molecule has 0 aliphatic carbocycles. The van der Waals surface area contributed by atoms with Crippen molar-refractivity contribution in [3.05, 3.63) is 24.3 Å². The van der Waals surface area contributed by atoms with Gasteiger partial charge in [-0.1, -0.05) is 26.2 Å². The first-order valence-corrected chi connectivity index (χ1v) is 8.07. The summed E-state index contributed by atoms with van der Waals surface area (Å²) in [4.78, 5) is 4.28. The topological polar surface area (TPSA) is 68.9 Å². The molecule has 23 heavy (non-hydrogen) atoms. The van der Waals surface area contributed by atoms with Gasteiger partial charge in [-0.15, -0.1) is 24.0 Å². The van der Waals surface area contributed by atoms with E-state index in [-0.39, 0.29) is 24.0 Å². The molecule has 0 saturated carbocycles. The zero-order chi connectivity index (χ0) is 16.0. The van der Waals surface area contributed by atoms with Gasteiger partial charge in [0.25, 0.3) is 0 Å². The van der Waals surface area contributed by atoms with Crippen LogP contribution in [-0.2, 0) is 0 Å².